The molecule has 1 saturated heterocycles. The predicted octanol–water partition coefficient (Wildman–Crippen LogP) is 2.49. The topological polar surface area (TPSA) is 144 Å². The number of hydrogen-bond donors (Lipinski definition) is 1. The number of nitrogens with one attached hydrogen (secondary N) is 1. The van der Waals surface area contributed by atoms with E-state index in [1.54, 1.807) is 36.4 Å². The van der Waals surface area contributed by atoms with E-state index in [9.17, 15) is 19.2 Å². The monoisotopic (exact) mass is 552 g/mol. The summed E-state index contributed by atoms with van der Waals surface area (Å²) in [6.07, 6.45) is -0.480. The van der Waals surface area contributed by atoms with Crippen LogP contribution < -0.4 is 20.6 Å². The number of carbonyl (C=O) groups is 2. The minimum Gasteiger partial charge on any atom is -0.497 e. The van der Waals surface area contributed by atoms with Crippen LogP contribution in [0.2, 0.25) is 0 Å². The Bertz CT molecular complexity index is 1670. The predicted molar refractivity (Wildman–Crippen MR) is 144 cm³/mol. The number of aromatic amines is 1. The number of methoxy groups -OCH3 is 4. The second-order valence-corrected chi connectivity index (χ2v) is 8.50. The molecule has 1 fully saturated rings. The molecule has 1 aliphatic rings. The molecule has 4 aromatic rings. The summed E-state index contributed by atoms with van der Waals surface area (Å²) in [4.78, 5) is 49.8. The van der Waals surface area contributed by atoms with Crippen molar-refractivity contribution < 1.29 is 38.0 Å². The Balaban J connectivity index is 0.000000194. The third kappa shape index (κ3) is 5.98. The van der Waals surface area contributed by atoms with Gasteiger partial charge in [0.2, 0.25) is 5.56 Å². The number of esters is 2. The second-order valence-electron chi connectivity index (χ2n) is 8.50. The van der Waals surface area contributed by atoms with Crippen LogP contribution in [0.25, 0.3) is 21.8 Å². The Kier molecular flexibility index (Phi) is 8.82. The highest BCUT2D eigenvalue weighted by Crippen LogP contribution is 2.26. The van der Waals surface area contributed by atoms with Gasteiger partial charge in [0.25, 0.3) is 5.56 Å². The molecule has 12 nitrogen and oxygen atoms in total. The van der Waals surface area contributed by atoms with Crippen LogP contribution in [-0.4, -0.2) is 69.4 Å². The van der Waals surface area contributed by atoms with Crippen LogP contribution in [0.3, 0.4) is 0 Å². The van der Waals surface area contributed by atoms with Crippen molar-refractivity contribution in [3.8, 4) is 11.5 Å². The summed E-state index contributed by atoms with van der Waals surface area (Å²) >= 11 is 0. The normalized spacial score (nSPS) is 13.0. The molecule has 2 aromatic carbocycles. The Hall–Kier alpha value is -4.68. The van der Waals surface area contributed by atoms with Crippen molar-refractivity contribution in [2.24, 2.45) is 0 Å². The van der Waals surface area contributed by atoms with Gasteiger partial charge in [-0.25, -0.2) is 9.59 Å². The van der Waals surface area contributed by atoms with Gasteiger partial charge in [0.1, 0.15) is 11.5 Å². The molecule has 0 atom stereocenters. The van der Waals surface area contributed by atoms with E-state index in [4.69, 9.17) is 23.7 Å². The zero-order valence-electron chi connectivity index (χ0n) is 22.3. The number of ether oxygens (including phenoxy) is 6. The maximum Gasteiger partial charge on any atom is 0.338 e. The molecule has 0 unspecified atom stereocenters. The Morgan fingerprint density at radius 2 is 1.40 bits per heavy atom. The summed E-state index contributed by atoms with van der Waals surface area (Å²) in [5, 5.41) is 1.23. The fourth-order valence-corrected chi connectivity index (χ4v) is 4.26. The van der Waals surface area contributed by atoms with Crippen molar-refractivity contribution in [1.82, 2.24) is 9.55 Å². The lowest BCUT2D eigenvalue weighted by atomic mass is 10.1. The summed E-state index contributed by atoms with van der Waals surface area (Å²) in [6, 6.07) is 12.5. The quantitative estimate of drug-likeness (QED) is 0.354. The van der Waals surface area contributed by atoms with E-state index in [1.807, 2.05) is 0 Å². The van der Waals surface area contributed by atoms with E-state index in [2.05, 4.69) is 9.72 Å². The van der Waals surface area contributed by atoms with Gasteiger partial charge in [0.15, 0.2) is 6.29 Å². The third-order valence-electron chi connectivity index (χ3n) is 6.20. The zero-order chi connectivity index (χ0) is 28.8. The number of fused-ring (bicyclic) bond motifs is 2. The van der Waals surface area contributed by atoms with Gasteiger partial charge in [0.05, 0.1) is 70.4 Å². The van der Waals surface area contributed by atoms with Gasteiger partial charge in [-0.15, -0.1) is 0 Å². The van der Waals surface area contributed by atoms with Crippen molar-refractivity contribution in [3.05, 3.63) is 80.4 Å². The van der Waals surface area contributed by atoms with Crippen molar-refractivity contribution in [1.29, 1.82) is 0 Å². The maximum atomic E-state index is 12.3. The number of nitrogens with zero attached hydrogens (tertiary/aromatic N) is 1. The molecule has 5 rings (SSSR count). The first-order valence-corrected chi connectivity index (χ1v) is 12.1. The molecule has 0 saturated carbocycles. The molecular weight excluding hydrogens is 524 g/mol. The molecule has 40 heavy (non-hydrogen) atoms. The molecule has 210 valence electrons. The Morgan fingerprint density at radius 3 is 2.00 bits per heavy atom. The largest absolute Gasteiger partial charge is 0.497 e. The standard InChI is InChI=1S/C16H17NO6.C12H11NO4/c1-20-10-7-12(16(19)21-2)11-3-4-14(18)17(13(11)8-10)9-15-22-5-6-23-15;1-16-7-5-9(12(15)17-2)8-3-4-11(14)13-10(8)6-7/h3-4,7-8,15H,5-6,9H2,1-2H3;3-6H,1-2H3,(H,13,14). The molecule has 1 N–H and O–H groups in total. The summed E-state index contributed by atoms with van der Waals surface area (Å²) in [5.41, 5.74) is 1.36. The van der Waals surface area contributed by atoms with E-state index >= 15 is 0 Å². The maximum absolute atomic E-state index is 12.3. The van der Waals surface area contributed by atoms with Crippen molar-refractivity contribution >= 4 is 33.7 Å². The van der Waals surface area contributed by atoms with Gasteiger partial charge in [-0.2, -0.15) is 0 Å². The van der Waals surface area contributed by atoms with Gasteiger partial charge in [0, 0.05) is 35.0 Å². The molecule has 0 amide bonds. The van der Waals surface area contributed by atoms with Crippen LogP contribution in [-0.2, 0) is 25.5 Å². The van der Waals surface area contributed by atoms with Gasteiger partial charge in [-0.3, -0.25) is 9.59 Å². The fraction of sp³-hybridized carbons (Fsp3) is 0.286. The van der Waals surface area contributed by atoms with Gasteiger partial charge in [-0.05, 0) is 24.3 Å². The van der Waals surface area contributed by atoms with Gasteiger partial charge < -0.3 is 38.0 Å². The molecule has 3 heterocycles. The smallest absolute Gasteiger partial charge is 0.338 e. The zero-order valence-corrected chi connectivity index (χ0v) is 22.3. The Morgan fingerprint density at radius 1 is 0.825 bits per heavy atom. The first-order valence-electron chi connectivity index (χ1n) is 12.1. The minimum absolute atomic E-state index is 0.208. The number of pyridine rings is 2. The van der Waals surface area contributed by atoms with E-state index in [1.165, 1.54) is 45.1 Å². The molecule has 0 bridgehead atoms. The molecule has 12 heteroatoms. The second kappa shape index (κ2) is 12.5. The first-order chi connectivity index (χ1) is 19.3. The molecule has 0 spiro atoms. The molecule has 0 radical (unpaired) electrons. The fourth-order valence-electron chi connectivity index (χ4n) is 4.26. The number of aromatic nitrogens is 2. The first kappa shape index (κ1) is 28.3. The van der Waals surface area contributed by atoms with E-state index < -0.39 is 18.2 Å². The molecule has 0 aliphatic carbocycles. The highest BCUT2D eigenvalue weighted by Gasteiger charge is 2.21. The van der Waals surface area contributed by atoms with Crippen LogP contribution in [0.4, 0.5) is 0 Å². The lowest BCUT2D eigenvalue weighted by Gasteiger charge is -2.16. The highest BCUT2D eigenvalue weighted by atomic mass is 16.7. The number of benzene rings is 2. The lowest BCUT2D eigenvalue weighted by Crippen LogP contribution is -2.27. The Labute approximate surface area is 227 Å². The van der Waals surface area contributed by atoms with Crippen molar-refractivity contribution in [3.63, 3.8) is 0 Å². The van der Waals surface area contributed by atoms with Crippen LogP contribution >= 0.6 is 0 Å². The average molecular weight is 553 g/mol. The molecule has 1 aliphatic heterocycles. The van der Waals surface area contributed by atoms with Gasteiger partial charge in [-0.1, -0.05) is 0 Å². The molecule has 2 aromatic heterocycles. The minimum atomic E-state index is -0.493. The van der Waals surface area contributed by atoms with Crippen LogP contribution in [0.15, 0.2) is 58.1 Å². The van der Waals surface area contributed by atoms with Crippen molar-refractivity contribution in [2.75, 3.05) is 41.7 Å². The number of H-pyrrole nitrogens is 1. The summed E-state index contributed by atoms with van der Waals surface area (Å²) in [5.74, 6) is -0.0151. The van der Waals surface area contributed by atoms with E-state index in [0.29, 0.717) is 57.6 Å². The van der Waals surface area contributed by atoms with E-state index in [-0.39, 0.29) is 17.7 Å². The summed E-state index contributed by atoms with van der Waals surface area (Å²) < 4.78 is 32.1. The summed E-state index contributed by atoms with van der Waals surface area (Å²) in [6.45, 7) is 1.24. The number of hydrogen-bond acceptors (Lipinski definition) is 10. The van der Waals surface area contributed by atoms with E-state index in [0.717, 1.165) is 0 Å². The highest BCUT2D eigenvalue weighted by molar-refractivity contribution is 6.05. The van der Waals surface area contributed by atoms with Crippen LogP contribution in [0, 0.1) is 0 Å². The SMILES string of the molecule is COC(=O)c1cc(OC)cc2[nH]c(=O)ccc12.COC(=O)c1cc(OC)cc2c1ccc(=O)n2CC1OCCO1. The van der Waals surface area contributed by atoms with Gasteiger partial charge >= 0.3 is 11.9 Å². The average Bonchev–Trinajstić information content (AvgIpc) is 3.50. The van der Waals surface area contributed by atoms with Crippen LogP contribution in [0.5, 0.6) is 11.5 Å². The number of rotatable bonds is 6. The van der Waals surface area contributed by atoms with Crippen LogP contribution in [0.1, 0.15) is 20.7 Å². The lowest BCUT2D eigenvalue weighted by molar-refractivity contribution is -0.0522. The van der Waals surface area contributed by atoms with Crippen molar-refractivity contribution in [2.45, 2.75) is 12.8 Å². The summed E-state index contributed by atoms with van der Waals surface area (Å²) in [7, 11) is 5.60. The molecular formula is C28H28N2O10. The number of carbonyl (C=O) groups excluding carboxylic acids is 2. The third-order valence-corrected chi connectivity index (χ3v) is 6.20.